The van der Waals surface area contributed by atoms with E-state index in [2.05, 4.69) is 16.9 Å². The van der Waals surface area contributed by atoms with Gasteiger partial charge < -0.3 is 24.5 Å². The van der Waals surface area contributed by atoms with Gasteiger partial charge in [-0.2, -0.15) is 0 Å². The Bertz CT molecular complexity index is 1290. The van der Waals surface area contributed by atoms with Crippen LogP contribution in [0.5, 0.6) is 0 Å². The molecule has 34 heavy (non-hydrogen) atoms. The number of nitrogens with two attached hydrogens (primary N) is 1. The number of ketones is 1. The number of nitrogens with one attached hydrogen (secondary N) is 1. The van der Waals surface area contributed by atoms with Gasteiger partial charge in [-0.15, -0.1) is 0 Å². The first-order chi connectivity index (χ1) is 16.2. The van der Waals surface area contributed by atoms with Gasteiger partial charge in [-0.1, -0.05) is 18.7 Å². The Hall–Kier alpha value is -4.34. The summed E-state index contributed by atoms with van der Waals surface area (Å²) in [7, 11) is 3.49. The number of benzene rings is 1. The largest absolute Gasteiger partial charge is 0.445 e. The second-order valence-electron chi connectivity index (χ2n) is 8.20. The van der Waals surface area contributed by atoms with Crippen molar-refractivity contribution in [1.82, 2.24) is 19.0 Å². The number of aryl methyl sites for hydroxylation is 2. The highest BCUT2D eigenvalue weighted by molar-refractivity contribution is 5.96. The summed E-state index contributed by atoms with van der Waals surface area (Å²) < 4.78 is 8.26. The van der Waals surface area contributed by atoms with Crippen molar-refractivity contribution in [3.63, 3.8) is 0 Å². The molecule has 0 aliphatic carbocycles. The fraction of sp³-hybridized carbons (Fsp3) is 0.250. The van der Waals surface area contributed by atoms with Crippen LogP contribution in [-0.2, 0) is 38.3 Å². The van der Waals surface area contributed by atoms with Crippen molar-refractivity contribution in [2.75, 3.05) is 17.7 Å². The highest BCUT2D eigenvalue weighted by Gasteiger charge is 2.27. The second kappa shape index (κ2) is 9.26. The first-order valence-electron chi connectivity index (χ1n) is 10.7. The van der Waals surface area contributed by atoms with Crippen LogP contribution < -0.4 is 11.1 Å². The first kappa shape index (κ1) is 22.8. The lowest BCUT2D eigenvalue weighted by Gasteiger charge is -2.15. The van der Waals surface area contributed by atoms with Crippen molar-refractivity contribution in [3.05, 3.63) is 77.5 Å². The number of nitrogens with zero attached hydrogens (tertiary/aromatic N) is 4. The molecule has 0 radical (unpaired) electrons. The molecule has 0 bridgehead atoms. The van der Waals surface area contributed by atoms with Crippen molar-refractivity contribution in [2.45, 2.75) is 19.5 Å². The van der Waals surface area contributed by atoms with Gasteiger partial charge in [0.2, 0.25) is 5.78 Å². The summed E-state index contributed by atoms with van der Waals surface area (Å²) in [4.78, 5) is 43.4. The third-order valence-corrected chi connectivity index (χ3v) is 5.58. The quantitative estimate of drug-likeness (QED) is 0.411. The number of aromatic nitrogens is 3. The molecule has 1 aromatic carbocycles. The Balaban J connectivity index is 1.43. The number of imidazole rings is 1. The Morgan fingerprint density at radius 2 is 1.91 bits per heavy atom. The van der Waals surface area contributed by atoms with Crippen LogP contribution in [0.4, 0.5) is 16.3 Å². The van der Waals surface area contributed by atoms with Gasteiger partial charge in [0.05, 0.1) is 0 Å². The number of anilines is 2. The Morgan fingerprint density at radius 1 is 1.15 bits per heavy atom. The van der Waals surface area contributed by atoms with E-state index in [1.54, 1.807) is 52.7 Å². The van der Waals surface area contributed by atoms with E-state index in [4.69, 9.17) is 10.5 Å². The van der Waals surface area contributed by atoms with E-state index in [1.807, 2.05) is 12.1 Å². The number of fused-ring (bicyclic) bond motifs is 1. The fourth-order valence-corrected chi connectivity index (χ4v) is 4.02. The first-order valence-corrected chi connectivity index (χ1v) is 10.7. The van der Waals surface area contributed by atoms with Gasteiger partial charge in [0.1, 0.15) is 18.1 Å². The van der Waals surface area contributed by atoms with Crippen LogP contribution in [0, 0.1) is 0 Å². The Kier molecular flexibility index (Phi) is 6.22. The predicted octanol–water partition coefficient (Wildman–Crippen LogP) is 2.66. The molecule has 10 nitrogen and oxygen atoms in total. The zero-order chi connectivity index (χ0) is 24.4. The molecule has 2 aromatic heterocycles. The third kappa shape index (κ3) is 4.70. The lowest BCUT2D eigenvalue weighted by atomic mass is 10.1. The number of amides is 2. The number of Topliss-reactive ketones (excluding diaryl/α,β-unsaturated/α-hetero) is 1. The van der Waals surface area contributed by atoms with E-state index >= 15 is 0 Å². The minimum Gasteiger partial charge on any atom is -0.445 e. The highest BCUT2D eigenvalue weighted by Crippen LogP contribution is 2.27. The van der Waals surface area contributed by atoms with Crippen LogP contribution in [0.2, 0.25) is 0 Å². The van der Waals surface area contributed by atoms with Gasteiger partial charge in [0, 0.05) is 51.7 Å². The van der Waals surface area contributed by atoms with Gasteiger partial charge >= 0.3 is 6.09 Å². The molecule has 10 heteroatoms. The van der Waals surface area contributed by atoms with Gasteiger partial charge in [0.15, 0.2) is 5.82 Å². The summed E-state index contributed by atoms with van der Waals surface area (Å²) in [6, 6.07) is 7.24. The van der Waals surface area contributed by atoms with Gasteiger partial charge in [-0.05, 0) is 34.9 Å². The van der Waals surface area contributed by atoms with Crippen LogP contribution in [0.25, 0.3) is 0 Å². The number of carbonyl (C=O) groups is 3. The lowest BCUT2D eigenvalue weighted by Crippen LogP contribution is -2.27. The lowest BCUT2D eigenvalue weighted by molar-refractivity contribution is 0.0741. The molecular formula is C24H26N6O4. The normalized spacial score (nSPS) is 12.4. The van der Waals surface area contributed by atoms with Crippen molar-refractivity contribution in [2.24, 2.45) is 14.1 Å². The van der Waals surface area contributed by atoms with E-state index in [1.165, 1.54) is 6.08 Å². The number of carbonyl (C=O) groups excluding carboxylic acids is 3. The smallest absolute Gasteiger partial charge is 0.411 e. The van der Waals surface area contributed by atoms with E-state index in [0.717, 1.165) is 16.7 Å². The van der Waals surface area contributed by atoms with Crippen LogP contribution in [0.3, 0.4) is 0 Å². The highest BCUT2D eigenvalue weighted by atomic mass is 16.5. The summed E-state index contributed by atoms with van der Waals surface area (Å²) in [6.45, 7) is 4.51. The fourth-order valence-electron chi connectivity index (χ4n) is 4.02. The van der Waals surface area contributed by atoms with Crippen LogP contribution >= 0.6 is 0 Å². The molecule has 0 saturated heterocycles. The van der Waals surface area contributed by atoms with E-state index < -0.39 is 6.09 Å². The summed E-state index contributed by atoms with van der Waals surface area (Å²) in [5.74, 6) is 0.250. The van der Waals surface area contributed by atoms with Crippen molar-refractivity contribution in [1.29, 1.82) is 0 Å². The predicted molar refractivity (Wildman–Crippen MR) is 126 cm³/mol. The van der Waals surface area contributed by atoms with Crippen molar-refractivity contribution < 1.29 is 19.1 Å². The minimum atomic E-state index is -0.565. The van der Waals surface area contributed by atoms with E-state index in [-0.39, 0.29) is 36.4 Å². The average molecular weight is 463 g/mol. The summed E-state index contributed by atoms with van der Waals surface area (Å²) >= 11 is 0. The summed E-state index contributed by atoms with van der Waals surface area (Å²) in [5, 5.41) is 2.67. The summed E-state index contributed by atoms with van der Waals surface area (Å²) in [5.41, 5.74) is 9.43. The third-order valence-electron chi connectivity index (χ3n) is 5.58. The zero-order valence-corrected chi connectivity index (χ0v) is 19.1. The Morgan fingerprint density at radius 3 is 2.62 bits per heavy atom. The molecule has 3 heterocycles. The van der Waals surface area contributed by atoms with Gasteiger partial charge in [-0.25, -0.2) is 9.78 Å². The molecule has 3 aromatic rings. The maximum Gasteiger partial charge on any atom is 0.411 e. The number of hydrogen-bond donors (Lipinski definition) is 2. The molecule has 0 saturated carbocycles. The van der Waals surface area contributed by atoms with Gasteiger partial charge in [0.25, 0.3) is 5.91 Å². The molecule has 1 aliphatic heterocycles. The standard InChI is InChI=1S/C24H26N6O4/c1-4-7-34-24(33)26-18-6-5-16-12-30(13-17(16)10-18)23(32)19-8-15(11-28(19)2)9-20(31)22-27-21(25)14-29(22)3/h4-6,8,10-11,14H,1,7,9,12-13,25H2,2-3H3,(H,26,33). The number of hydrogen-bond acceptors (Lipinski definition) is 6. The monoisotopic (exact) mass is 462 g/mol. The molecule has 0 unspecified atom stereocenters. The van der Waals surface area contributed by atoms with Crippen molar-refractivity contribution in [3.8, 4) is 0 Å². The number of rotatable bonds is 7. The molecule has 2 amide bonds. The zero-order valence-electron chi connectivity index (χ0n) is 19.1. The number of ether oxygens (including phenoxy) is 1. The van der Waals surface area contributed by atoms with Crippen LogP contribution in [-0.4, -0.2) is 43.4 Å². The molecule has 176 valence electrons. The number of nitrogen functional groups attached to an aromatic ring is 1. The maximum atomic E-state index is 13.2. The Labute approximate surface area is 196 Å². The van der Waals surface area contributed by atoms with Gasteiger partial charge in [-0.3, -0.25) is 14.9 Å². The molecule has 0 spiro atoms. The molecule has 1 aliphatic rings. The molecule has 0 fully saturated rings. The average Bonchev–Trinajstić information content (AvgIpc) is 3.47. The molecule has 0 atom stereocenters. The molecular weight excluding hydrogens is 436 g/mol. The van der Waals surface area contributed by atoms with Crippen LogP contribution in [0.1, 0.15) is 37.8 Å². The molecule has 4 rings (SSSR count). The maximum absolute atomic E-state index is 13.2. The summed E-state index contributed by atoms with van der Waals surface area (Å²) in [6.07, 6.45) is 4.40. The van der Waals surface area contributed by atoms with E-state index in [0.29, 0.717) is 24.5 Å². The van der Waals surface area contributed by atoms with Crippen molar-refractivity contribution >= 4 is 29.3 Å². The van der Waals surface area contributed by atoms with E-state index in [9.17, 15) is 14.4 Å². The van der Waals surface area contributed by atoms with Crippen LogP contribution in [0.15, 0.2) is 49.3 Å². The SMILES string of the molecule is C=CCOC(=O)Nc1ccc2c(c1)CN(C(=O)c1cc(CC(=O)c3nc(N)cn3C)cn1C)C2. The topological polar surface area (TPSA) is 124 Å². The minimum absolute atomic E-state index is 0.114. The molecule has 3 N–H and O–H groups in total. The second-order valence-corrected chi connectivity index (χ2v) is 8.20.